The zero-order valence-corrected chi connectivity index (χ0v) is 48.9. The lowest BCUT2D eigenvalue weighted by atomic mass is 10.0. The standard InChI is InChI=1S/C81H54N6Si/c1-6-25-55(26-7-1)79-82-80(56-27-8-2-9-28-56)84-81(83-79)58-45-48-65(57-29-24-36-64(51-57)88(61-30-10-3-11-31-61,62-32-12-4-13-33-62)63-34-14-5-15-35-63)76(52-58)87-77-53-59(85-72-41-20-16-37-66(72)67-38-17-21-42-73(67)85)46-49-70(77)71-50-47-60(54-78(71)87)86-74-43-22-18-39-68(74)69-40-19-23-44-75(69)86/h1-54H. The molecule has 13 aromatic carbocycles. The molecule has 7 heteroatoms. The van der Waals surface area contributed by atoms with E-state index in [0.717, 1.165) is 88.8 Å². The Morgan fingerprint density at radius 2 is 0.557 bits per heavy atom. The van der Waals surface area contributed by atoms with Crippen molar-refractivity contribution in [2.24, 2.45) is 0 Å². The van der Waals surface area contributed by atoms with Crippen LogP contribution in [0.5, 0.6) is 0 Å². The number of hydrogen-bond acceptors (Lipinski definition) is 3. The maximum absolute atomic E-state index is 5.37. The molecule has 0 aliphatic carbocycles. The molecule has 0 spiro atoms. The summed E-state index contributed by atoms with van der Waals surface area (Å²) in [6.07, 6.45) is 0. The van der Waals surface area contributed by atoms with E-state index < -0.39 is 8.07 Å². The van der Waals surface area contributed by atoms with Gasteiger partial charge in [-0.05, 0) is 80.9 Å². The fourth-order valence-electron chi connectivity index (χ4n) is 14.0. The van der Waals surface area contributed by atoms with Crippen molar-refractivity contribution in [1.82, 2.24) is 28.7 Å². The zero-order chi connectivity index (χ0) is 58.1. The molecule has 0 unspecified atom stereocenters. The van der Waals surface area contributed by atoms with Crippen LogP contribution in [-0.2, 0) is 0 Å². The van der Waals surface area contributed by atoms with Gasteiger partial charge < -0.3 is 13.7 Å². The van der Waals surface area contributed by atoms with Crippen molar-refractivity contribution in [3.8, 4) is 62.4 Å². The quantitative estimate of drug-likeness (QED) is 0.0958. The predicted octanol–water partition coefficient (Wildman–Crippen LogP) is 17.2. The Kier molecular flexibility index (Phi) is 12.1. The second-order valence-corrected chi connectivity index (χ2v) is 26.5. The number of fused-ring (bicyclic) bond motifs is 9. The van der Waals surface area contributed by atoms with E-state index in [1.165, 1.54) is 42.3 Å². The summed E-state index contributed by atoms with van der Waals surface area (Å²) in [4.78, 5) is 15.9. The van der Waals surface area contributed by atoms with Crippen LogP contribution in [0.4, 0.5) is 0 Å². The summed E-state index contributed by atoms with van der Waals surface area (Å²) in [5, 5.41) is 12.4. The molecule has 88 heavy (non-hydrogen) atoms. The average Bonchev–Trinajstić information content (AvgIpc) is 1.53. The van der Waals surface area contributed by atoms with Gasteiger partial charge in [0.1, 0.15) is 0 Å². The molecule has 0 N–H and O–H groups in total. The Bertz CT molecular complexity index is 5070. The lowest BCUT2D eigenvalue weighted by Crippen LogP contribution is -2.74. The van der Waals surface area contributed by atoms with E-state index in [0.29, 0.717) is 17.5 Å². The molecule has 17 aromatic rings. The Labute approximate surface area is 509 Å². The molecule has 0 atom stereocenters. The number of nitrogens with zero attached hydrogens (tertiary/aromatic N) is 6. The van der Waals surface area contributed by atoms with Crippen molar-refractivity contribution in [1.29, 1.82) is 0 Å². The van der Waals surface area contributed by atoms with Gasteiger partial charge in [0.05, 0.1) is 38.8 Å². The highest BCUT2D eigenvalue weighted by atomic mass is 28.3. The minimum absolute atomic E-state index is 0.579. The Balaban J connectivity index is 0.994. The van der Waals surface area contributed by atoms with Gasteiger partial charge in [-0.2, -0.15) is 0 Å². The molecule has 0 amide bonds. The van der Waals surface area contributed by atoms with Crippen molar-refractivity contribution >= 4 is 94.2 Å². The number of rotatable bonds is 11. The maximum atomic E-state index is 5.37. The zero-order valence-electron chi connectivity index (χ0n) is 47.9. The largest absolute Gasteiger partial charge is 0.309 e. The molecule has 4 aromatic heterocycles. The first-order valence-corrected chi connectivity index (χ1v) is 32.0. The molecule has 6 nitrogen and oxygen atoms in total. The summed E-state index contributed by atoms with van der Waals surface area (Å²) in [7, 11) is -2.98. The second-order valence-electron chi connectivity index (χ2n) is 22.7. The molecule has 0 saturated carbocycles. The van der Waals surface area contributed by atoms with E-state index in [4.69, 9.17) is 15.0 Å². The van der Waals surface area contributed by atoms with E-state index >= 15 is 0 Å². The van der Waals surface area contributed by atoms with Crippen LogP contribution in [0, 0.1) is 0 Å². The highest BCUT2D eigenvalue weighted by Crippen LogP contribution is 2.42. The van der Waals surface area contributed by atoms with Crippen LogP contribution < -0.4 is 20.7 Å². The fourth-order valence-corrected chi connectivity index (χ4v) is 18.8. The van der Waals surface area contributed by atoms with Crippen LogP contribution in [0.1, 0.15) is 0 Å². The van der Waals surface area contributed by atoms with Gasteiger partial charge in [0, 0.05) is 65.9 Å². The van der Waals surface area contributed by atoms with Crippen LogP contribution in [-0.4, -0.2) is 36.7 Å². The van der Waals surface area contributed by atoms with Crippen LogP contribution in [0.25, 0.3) is 128 Å². The van der Waals surface area contributed by atoms with Gasteiger partial charge in [-0.25, -0.2) is 15.0 Å². The number of para-hydroxylation sites is 4. The maximum Gasteiger partial charge on any atom is 0.179 e. The summed E-state index contributed by atoms with van der Waals surface area (Å²) < 4.78 is 7.38. The number of hydrogen-bond donors (Lipinski definition) is 0. The summed E-state index contributed by atoms with van der Waals surface area (Å²) >= 11 is 0. The Morgan fingerprint density at radius 3 is 0.977 bits per heavy atom. The van der Waals surface area contributed by atoms with Crippen LogP contribution >= 0.6 is 0 Å². The molecule has 4 heterocycles. The van der Waals surface area contributed by atoms with E-state index in [9.17, 15) is 0 Å². The molecule has 0 radical (unpaired) electrons. The SMILES string of the molecule is c1ccc(-c2nc(-c3ccccc3)nc(-c3ccc(-c4cccc([Si](c5ccccc5)(c5ccccc5)c5ccccc5)c4)c(-n4c5cc(-n6c7ccccc7c7ccccc76)ccc5c5ccc(-n6c7ccccc7c7ccccc76)cc54)c3)n2)cc1. The van der Waals surface area contributed by atoms with Crippen molar-refractivity contribution in [2.75, 3.05) is 0 Å². The lowest BCUT2D eigenvalue weighted by molar-refractivity contribution is 1.07. The van der Waals surface area contributed by atoms with E-state index in [1.807, 2.05) is 36.4 Å². The minimum Gasteiger partial charge on any atom is -0.309 e. The van der Waals surface area contributed by atoms with Gasteiger partial charge in [0.25, 0.3) is 0 Å². The van der Waals surface area contributed by atoms with Crippen molar-refractivity contribution in [3.63, 3.8) is 0 Å². The third-order valence-electron chi connectivity index (χ3n) is 17.8. The van der Waals surface area contributed by atoms with Gasteiger partial charge in [-0.15, -0.1) is 0 Å². The number of benzene rings is 13. The molecule has 0 fully saturated rings. The molecule has 0 aliphatic heterocycles. The summed E-state index contributed by atoms with van der Waals surface area (Å²) in [5.74, 6) is 1.79. The van der Waals surface area contributed by atoms with E-state index in [-0.39, 0.29) is 0 Å². The van der Waals surface area contributed by atoms with Gasteiger partial charge in [0.2, 0.25) is 0 Å². The average molecular weight is 1140 g/mol. The summed E-state index contributed by atoms with van der Waals surface area (Å²) in [6, 6.07) is 120. The third-order valence-corrected chi connectivity index (χ3v) is 22.6. The molecule has 0 bridgehead atoms. The van der Waals surface area contributed by atoms with Crippen molar-refractivity contribution < 1.29 is 0 Å². The minimum atomic E-state index is -2.98. The van der Waals surface area contributed by atoms with E-state index in [2.05, 4.69) is 305 Å². The first-order valence-electron chi connectivity index (χ1n) is 30.0. The van der Waals surface area contributed by atoms with Crippen LogP contribution in [0.15, 0.2) is 328 Å². The molecule has 0 saturated heterocycles. The highest BCUT2D eigenvalue weighted by molar-refractivity contribution is 7.20. The third kappa shape index (κ3) is 8.20. The predicted molar refractivity (Wildman–Crippen MR) is 368 cm³/mol. The van der Waals surface area contributed by atoms with Gasteiger partial charge in [-0.3, -0.25) is 0 Å². The monoisotopic (exact) mass is 1140 g/mol. The van der Waals surface area contributed by atoms with Crippen molar-refractivity contribution in [3.05, 3.63) is 328 Å². The summed E-state index contributed by atoms with van der Waals surface area (Å²) in [5.41, 5.74) is 14.7. The molecular weight excluding hydrogens is 1090 g/mol. The normalized spacial score (nSPS) is 11.9. The second kappa shape index (κ2) is 20.9. The molecule has 412 valence electrons. The van der Waals surface area contributed by atoms with Crippen molar-refractivity contribution in [2.45, 2.75) is 0 Å². The van der Waals surface area contributed by atoms with Crippen LogP contribution in [0.3, 0.4) is 0 Å². The van der Waals surface area contributed by atoms with Gasteiger partial charge >= 0.3 is 0 Å². The lowest BCUT2D eigenvalue weighted by Gasteiger charge is -2.34. The molecule has 17 rings (SSSR count). The molecule has 0 aliphatic rings. The smallest absolute Gasteiger partial charge is 0.179 e. The fraction of sp³-hybridized carbons (Fsp3) is 0. The Hall–Kier alpha value is -11.5. The highest BCUT2D eigenvalue weighted by Gasteiger charge is 2.41. The first-order chi connectivity index (χ1) is 43.7. The van der Waals surface area contributed by atoms with E-state index in [1.54, 1.807) is 0 Å². The van der Waals surface area contributed by atoms with Gasteiger partial charge in [-0.1, -0.05) is 273 Å². The summed E-state index contributed by atoms with van der Waals surface area (Å²) in [6.45, 7) is 0. The number of aromatic nitrogens is 6. The van der Waals surface area contributed by atoms with Gasteiger partial charge in [0.15, 0.2) is 25.5 Å². The first kappa shape index (κ1) is 51.0. The topological polar surface area (TPSA) is 53.5 Å². The Morgan fingerprint density at radius 1 is 0.216 bits per heavy atom. The molecular formula is C81H54N6Si. The van der Waals surface area contributed by atoms with Crippen LogP contribution in [0.2, 0.25) is 0 Å².